The molecule has 38 heavy (non-hydrogen) atoms. The molecule has 0 aliphatic carbocycles. The molecule has 10 heteroatoms. The van der Waals surface area contributed by atoms with Crippen LogP contribution in [0.1, 0.15) is 40.7 Å². The first kappa shape index (κ1) is 26.5. The molecular weight excluding hydrogens is 497 g/mol. The van der Waals surface area contributed by atoms with Gasteiger partial charge in [0.1, 0.15) is 5.71 Å². The number of aromatic hydroxyl groups is 1. The number of hydrogen-bond acceptors (Lipinski definition) is 4. The molecule has 4 aromatic rings. The molecular formula is C28H25F3N4O3. The lowest BCUT2D eigenvalue weighted by Gasteiger charge is -2.12. The predicted molar refractivity (Wildman–Crippen MR) is 138 cm³/mol. The van der Waals surface area contributed by atoms with Gasteiger partial charge < -0.3 is 10.8 Å². The second-order valence-electron chi connectivity index (χ2n) is 8.94. The normalized spacial score (nSPS) is 12.1. The van der Waals surface area contributed by atoms with Gasteiger partial charge in [0.15, 0.2) is 0 Å². The molecule has 7 nitrogen and oxygen atoms in total. The Hall–Kier alpha value is -4.60. The average Bonchev–Trinajstić information content (AvgIpc) is 3.13. The standard InChI is InChI=1S/C28H25F3N4O3/c1-16-12-17(2)14-20(13-16)35-22-15-19(28(29,30)31)8-9-21(22)25(27(35)38)26(18-6-4-3-5-7-18)34-33-24(37)11-10-23(32)36/h3-9,12-15,38H,10-11H2,1-2H3,(H2,32,36)(H,33,37)/b34-26-. The zero-order valence-corrected chi connectivity index (χ0v) is 20.6. The Labute approximate surface area is 216 Å². The summed E-state index contributed by atoms with van der Waals surface area (Å²) in [5, 5.41) is 16.1. The van der Waals surface area contributed by atoms with Gasteiger partial charge >= 0.3 is 6.18 Å². The first-order valence-corrected chi connectivity index (χ1v) is 11.7. The second-order valence-corrected chi connectivity index (χ2v) is 8.94. The van der Waals surface area contributed by atoms with Crippen LogP contribution in [-0.2, 0) is 15.8 Å². The number of rotatable bonds is 7. The Morgan fingerprint density at radius 1 is 0.974 bits per heavy atom. The molecule has 0 bridgehead atoms. The molecule has 0 radical (unpaired) electrons. The maximum atomic E-state index is 13.7. The number of nitrogens with two attached hydrogens (primary N) is 1. The number of hydrazone groups is 1. The fourth-order valence-corrected chi connectivity index (χ4v) is 4.30. The van der Waals surface area contributed by atoms with Crippen molar-refractivity contribution in [1.82, 2.24) is 9.99 Å². The summed E-state index contributed by atoms with van der Waals surface area (Å²) in [6.45, 7) is 3.69. The van der Waals surface area contributed by atoms with Gasteiger partial charge in [-0.2, -0.15) is 18.3 Å². The molecule has 4 N–H and O–H groups in total. The van der Waals surface area contributed by atoms with Gasteiger partial charge in [-0.15, -0.1) is 0 Å². The van der Waals surface area contributed by atoms with Crippen molar-refractivity contribution in [2.75, 3.05) is 0 Å². The van der Waals surface area contributed by atoms with Gasteiger partial charge in [0, 0.05) is 29.5 Å². The summed E-state index contributed by atoms with van der Waals surface area (Å²) in [5.41, 5.74) is 9.65. The van der Waals surface area contributed by atoms with Crippen LogP contribution in [0, 0.1) is 13.8 Å². The number of carbonyl (C=O) groups is 2. The van der Waals surface area contributed by atoms with Gasteiger partial charge in [-0.05, 0) is 49.2 Å². The molecule has 4 rings (SSSR count). The van der Waals surface area contributed by atoms with E-state index in [4.69, 9.17) is 5.73 Å². The van der Waals surface area contributed by atoms with Crippen LogP contribution >= 0.6 is 0 Å². The van der Waals surface area contributed by atoms with Crippen LogP contribution in [0.3, 0.4) is 0 Å². The van der Waals surface area contributed by atoms with Crippen LogP contribution in [0.25, 0.3) is 16.6 Å². The van der Waals surface area contributed by atoms with E-state index in [1.165, 1.54) is 10.6 Å². The van der Waals surface area contributed by atoms with E-state index in [-0.39, 0.29) is 35.5 Å². The third-order valence-electron chi connectivity index (χ3n) is 5.91. The van der Waals surface area contributed by atoms with Gasteiger partial charge in [0.05, 0.1) is 16.6 Å². The second kappa shape index (κ2) is 10.4. The van der Waals surface area contributed by atoms with Crippen LogP contribution < -0.4 is 11.2 Å². The quantitative estimate of drug-likeness (QED) is 0.232. The summed E-state index contributed by atoms with van der Waals surface area (Å²) < 4.78 is 42.4. The van der Waals surface area contributed by atoms with Crippen LogP contribution in [-0.4, -0.2) is 27.2 Å². The summed E-state index contributed by atoms with van der Waals surface area (Å²) in [4.78, 5) is 23.4. The highest BCUT2D eigenvalue weighted by molar-refractivity contribution is 6.21. The SMILES string of the molecule is Cc1cc(C)cc(-n2c(O)c(/C(=N\NC(=O)CCC(N)=O)c3ccccc3)c3ccc(C(F)(F)F)cc32)c1. The highest BCUT2D eigenvalue weighted by Gasteiger charge is 2.32. The van der Waals surface area contributed by atoms with E-state index < -0.39 is 23.6 Å². The van der Waals surface area contributed by atoms with Crippen molar-refractivity contribution in [3.05, 3.63) is 94.5 Å². The fourth-order valence-electron chi connectivity index (χ4n) is 4.30. The first-order valence-electron chi connectivity index (χ1n) is 11.7. The lowest BCUT2D eigenvalue weighted by atomic mass is 10.0. The molecule has 1 aromatic heterocycles. The molecule has 3 aromatic carbocycles. The van der Waals surface area contributed by atoms with E-state index in [0.717, 1.165) is 23.3 Å². The number of benzene rings is 3. The van der Waals surface area contributed by atoms with Gasteiger partial charge in [0.2, 0.25) is 17.7 Å². The van der Waals surface area contributed by atoms with Crippen LogP contribution in [0.4, 0.5) is 13.2 Å². The summed E-state index contributed by atoms with van der Waals surface area (Å²) in [5.74, 6) is -1.59. The Morgan fingerprint density at radius 2 is 1.63 bits per heavy atom. The van der Waals surface area contributed by atoms with E-state index in [1.807, 2.05) is 19.9 Å². The van der Waals surface area contributed by atoms with Gasteiger partial charge in [-0.3, -0.25) is 14.2 Å². The van der Waals surface area contributed by atoms with E-state index in [2.05, 4.69) is 10.5 Å². The maximum Gasteiger partial charge on any atom is 0.416 e. The van der Waals surface area contributed by atoms with Crippen LogP contribution in [0.5, 0.6) is 5.88 Å². The predicted octanol–water partition coefficient (Wildman–Crippen LogP) is 5.11. The van der Waals surface area contributed by atoms with Gasteiger partial charge in [0.25, 0.3) is 0 Å². The zero-order chi connectivity index (χ0) is 27.6. The van der Waals surface area contributed by atoms with Gasteiger partial charge in [-0.1, -0.05) is 42.5 Å². The van der Waals surface area contributed by atoms with Crippen molar-refractivity contribution in [2.45, 2.75) is 32.9 Å². The maximum absolute atomic E-state index is 13.7. The average molecular weight is 523 g/mol. The molecule has 1 heterocycles. The van der Waals surface area contributed by atoms with Gasteiger partial charge in [-0.25, -0.2) is 5.43 Å². The highest BCUT2D eigenvalue weighted by atomic mass is 19.4. The first-order chi connectivity index (χ1) is 18.0. The monoisotopic (exact) mass is 522 g/mol. The lowest BCUT2D eigenvalue weighted by molar-refractivity contribution is -0.137. The summed E-state index contributed by atoms with van der Waals surface area (Å²) in [7, 11) is 0. The van der Waals surface area contributed by atoms with Crippen molar-refractivity contribution >= 4 is 28.4 Å². The number of halogens is 3. The number of alkyl halides is 3. The number of fused-ring (bicyclic) bond motifs is 1. The lowest BCUT2D eigenvalue weighted by Crippen LogP contribution is -2.22. The molecule has 0 atom stereocenters. The third kappa shape index (κ3) is 5.54. The summed E-state index contributed by atoms with van der Waals surface area (Å²) in [6.07, 6.45) is -4.99. The van der Waals surface area contributed by atoms with Crippen LogP contribution in [0.15, 0.2) is 71.8 Å². The number of nitrogens with one attached hydrogen (secondary N) is 1. The Balaban J connectivity index is 1.99. The largest absolute Gasteiger partial charge is 0.494 e. The number of hydrogen-bond donors (Lipinski definition) is 3. The highest BCUT2D eigenvalue weighted by Crippen LogP contribution is 2.39. The molecule has 2 amide bonds. The van der Waals surface area contributed by atoms with E-state index in [9.17, 15) is 27.9 Å². The number of nitrogens with zero attached hydrogens (tertiary/aromatic N) is 2. The topological polar surface area (TPSA) is 110 Å². The Kier molecular flexibility index (Phi) is 7.25. The molecule has 0 spiro atoms. The number of aryl methyl sites for hydroxylation is 2. The van der Waals surface area contributed by atoms with Crippen molar-refractivity contribution in [3.8, 4) is 11.6 Å². The molecule has 0 aliphatic rings. The molecule has 0 saturated heterocycles. The third-order valence-corrected chi connectivity index (χ3v) is 5.91. The Morgan fingerprint density at radius 3 is 2.24 bits per heavy atom. The van der Waals surface area contributed by atoms with E-state index >= 15 is 0 Å². The van der Waals surface area contributed by atoms with Crippen LogP contribution in [0.2, 0.25) is 0 Å². The van der Waals surface area contributed by atoms with Crippen molar-refractivity contribution in [3.63, 3.8) is 0 Å². The van der Waals surface area contributed by atoms with Crippen molar-refractivity contribution in [1.29, 1.82) is 0 Å². The molecule has 0 aliphatic heterocycles. The fraction of sp³-hybridized carbons (Fsp3) is 0.179. The minimum absolute atomic E-state index is 0.112. The number of primary amides is 1. The Bertz CT molecular complexity index is 1540. The number of carbonyl (C=O) groups excluding carboxylic acids is 2. The molecule has 0 fully saturated rings. The summed E-state index contributed by atoms with van der Waals surface area (Å²) >= 11 is 0. The number of aromatic nitrogens is 1. The minimum atomic E-state index is -4.60. The van der Waals surface area contributed by atoms with Crippen molar-refractivity contribution < 1.29 is 27.9 Å². The van der Waals surface area contributed by atoms with Crippen molar-refractivity contribution in [2.24, 2.45) is 10.8 Å². The van der Waals surface area contributed by atoms with E-state index in [1.54, 1.807) is 42.5 Å². The molecule has 196 valence electrons. The molecule has 0 saturated carbocycles. The number of amides is 2. The summed E-state index contributed by atoms with van der Waals surface area (Å²) in [6, 6.07) is 17.2. The minimum Gasteiger partial charge on any atom is -0.494 e. The zero-order valence-electron chi connectivity index (χ0n) is 20.6. The molecule has 0 unspecified atom stereocenters. The van der Waals surface area contributed by atoms with E-state index in [0.29, 0.717) is 16.6 Å². The smallest absolute Gasteiger partial charge is 0.416 e.